The molecular formula is C36H52O3. The monoisotopic (exact) mass is 532 g/mol. The van der Waals surface area contributed by atoms with E-state index in [1.165, 1.54) is 35.6 Å². The van der Waals surface area contributed by atoms with Crippen molar-refractivity contribution in [3.8, 4) is 0 Å². The van der Waals surface area contributed by atoms with Crippen molar-refractivity contribution in [2.24, 2.45) is 17.8 Å². The average molecular weight is 533 g/mol. The Labute approximate surface area is 238 Å². The van der Waals surface area contributed by atoms with Crippen LogP contribution >= 0.6 is 0 Å². The summed E-state index contributed by atoms with van der Waals surface area (Å²) in [5.41, 5.74) is 7.26. The van der Waals surface area contributed by atoms with Crippen LogP contribution in [0.1, 0.15) is 125 Å². The molecule has 0 spiro atoms. The van der Waals surface area contributed by atoms with Crippen LogP contribution in [0.2, 0.25) is 0 Å². The molecule has 0 N–H and O–H groups in total. The van der Waals surface area contributed by atoms with Gasteiger partial charge in [0.1, 0.15) is 11.6 Å². The molecule has 2 aromatic carbocycles. The van der Waals surface area contributed by atoms with E-state index in [0.717, 1.165) is 62.5 Å². The molecule has 0 amide bonds. The molecule has 0 bridgehead atoms. The number of fused-ring (bicyclic) bond motifs is 1. The van der Waals surface area contributed by atoms with Crippen LogP contribution in [-0.4, -0.2) is 17.3 Å². The first-order valence-electron chi connectivity index (χ1n) is 15.4. The van der Waals surface area contributed by atoms with Crippen molar-refractivity contribution in [1.29, 1.82) is 0 Å². The summed E-state index contributed by atoms with van der Waals surface area (Å²) in [5.74, 6) is 0.679. The Balaban J connectivity index is 0.00000170. The minimum atomic E-state index is -0.0897. The predicted molar refractivity (Wildman–Crippen MR) is 164 cm³/mol. The second-order valence-electron chi connectivity index (χ2n) is 11.6. The highest BCUT2D eigenvalue weighted by atomic mass is 16.1. The second-order valence-corrected chi connectivity index (χ2v) is 11.6. The van der Waals surface area contributed by atoms with E-state index in [9.17, 15) is 14.4 Å². The summed E-state index contributed by atoms with van der Waals surface area (Å²) in [6.45, 7) is 14.2. The van der Waals surface area contributed by atoms with Gasteiger partial charge in [-0.05, 0) is 92.0 Å². The summed E-state index contributed by atoms with van der Waals surface area (Å²) in [6, 6.07) is 13.2. The molecule has 0 aromatic heterocycles. The molecular weight excluding hydrogens is 480 g/mol. The zero-order chi connectivity index (χ0) is 28.9. The van der Waals surface area contributed by atoms with Gasteiger partial charge in [-0.15, -0.1) is 0 Å². The van der Waals surface area contributed by atoms with Gasteiger partial charge in [-0.2, -0.15) is 0 Å². The van der Waals surface area contributed by atoms with Gasteiger partial charge in [0.2, 0.25) is 0 Å². The number of ketones is 3. The van der Waals surface area contributed by atoms with E-state index in [0.29, 0.717) is 6.42 Å². The molecule has 1 aliphatic carbocycles. The number of carbonyl (C=O) groups excluding carboxylic acids is 3. The molecule has 0 fully saturated rings. The number of carbonyl (C=O) groups is 3. The summed E-state index contributed by atoms with van der Waals surface area (Å²) in [4.78, 5) is 37.9. The van der Waals surface area contributed by atoms with Crippen molar-refractivity contribution in [2.45, 2.75) is 119 Å². The highest BCUT2D eigenvalue weighted by Gasteiger charge is 2.33. The number of benzene rings is 2. The zero-order valence-electron chi connectivity index (χ0n) is 25.7. The van der Waals surface area contributed by atoms with Crippen LogP contribution in [0.15, 0.2) is 36.4 Å². The lowest BCUT2D eigenvalue weighted by atomic mass is 9.71. The molecule has 3 nitrogen and oxygen atoms in total. The fourth-order valence-corrected chi connectivity index (χ4v) is 6.32. The molecule has 0 heterocycles. The van der Waals surface area contributed by atoms with Crippen molar-refractivity contribution >= 4 is 17.3 Å². The normalized spacial score (nSPS) is 16.1. The van der Waals surface area contributed by atoms with Crippen LogP contribution in [0.4, 0.5) is 0 Å². The maximum atomic E-state index is 13.4. The van der Waals surface area contributed by atoms with Crippen LogP contribution in [-0.2, 0) is 35.3 Å². The van der Waals surface area contributed by atoms with Crippen LogP contribution in [0.5, 0.6) is 0 Å². The summed E-state index contributed by atoms with van der Waals surface area (Å²) in [6.07, 6.45) is 9.31. The Hall–Kier alpha value is -2.55. The highest BCUT2D eigenvalue weighted by Crippen LogP contribution is 2.37. The van der Waals surface area contributed by atoms with Crippen molar-refractivity contribution in [3.05, 3.63) is 69.8 Å². The summed E-state index contributed by atoms with van der Waals surface area (Å²) in [5, 5.41) is 0. The number of Topliss-reactive ketones (excluding diaryl/α,β-unsaturated/α-hetero) is 3. The van der Waals surface area contributed by atoms with E-state index >= 15 is 0 Å². The number of aryl methyl sites for hydroxylation is 4. The SMILES string of the molecule is CCC.CCCC(CC1CC(=O)c2c(C)ccc(CCc3cccc(CC)c3)c2C1)C(CC)C(=O)CC(C)=O. The van der Waals surface area contributed by atoms with E-state index < -0.39 is 0 Å². The topological polar surface area (TPSA) is 51.2 Å². The van der Waals surface area contributed by atoms with Crippen LogP contribution in [0, 0.1) is 24.7 Å². The van der Waals surface area contributed by atoms with Crippen molar-refractivity contribution < 1.29 is 14.4 Å². The molecule has 1 aliphatic rings. The minimum Gasteiger partial charge on any atom is -0.300 e. The Morgan fingerprint density at radius 1 is 0.949 bits per heavy atom. The van der Waals surface area contributed by atoms with Gasteiger partial charge in [-0.25, -0.2) is 0 Å². The lowest BCUT2D eigenvalue weighted by Gasteiger charge is -2.32. The third-order valence-electron chi connectivity index (χ3n) is 8.09. The van der Waals surface area contributed by atoms with E-state index in [2.05, 4.69) is 77.9 Å². The average Bonchev–Trinajstić information content (AvgIpc) is 2.89. The second kappa shape index (κ2) is 16.5. The van der Waals surface area contributed by atoms with Crippen molar-refractivity contribution in [3.63, 3.8) is 0 Å². The lowest BCUT2D eigenvalue weighted by molar-refractivity contribution is -0.129. The van der Waals surface area contributed by atoms with E-state index in [-0.39, 0.29) is 41.5 Å². The largest absolute Gasteiger partial charge is 0.300 e. The van der Waals surface area contributed by atoms with Crippen LogP contribution in [0.25, 0.3) is 0 Å². The first-order chi connectivity index (χ1) is 18.7. The molecule has 214 valence electrons. The molecule has 2 aromatic rings. The molecule has 3 heteroatoms. The maximum Gasteiger partial charge on any atom is 0.163 e. The highest BCUT2D eigenvalue weighted by molar-refractivity contribution is 6.00. The summed E-state index contributed by atoms with van der Waals surface area (Å²) in [7, 11) is 0. The third-order valence-corrected chi connectivity index (χ3v) is 8.09. The van der Waals surface area contributed by atoms with Gasteiger partial charge in [0.05, 0.1) is 6.42 Å². The van der Waals surface area contributed by atoms with Gasteiger partial charge < -0.3 is 0 Å². The van der Waals surface area contributed by atoms with Gasteiger partial charge in [-0.1, -0.05) is 90.3 Å². The fourth-order valence-electron chi connectivity index (χ4n) is 6.32. The number of hydrogen-bond acceptors (Lipinski definition) is 3. The standard InChI is InChI=1S/C33H44O3.C3H8/c1-6-10-28(29(8-3)31(35)17-23(5)34)19-26-20-30-27(15-13-22(4)33(30)32(36)21-26)16-14-25-12-9-11-24(7-2)18-25;1-3-2/h9,11-13,15,18,26,28-29H,6-8,10,14,16-17,19-21H2,1-5H3;3H2,1-2H3. The molecule has 0 radical (unpaired) electrons. The predicted octanol–water partition coefficient (Wildman–Crippen LogP) is 8.88. The molecule has 0 saturated heterocycles. The fraction of sp³-hybridized carbons (Fsp3) is 0.583. The molecule has 0 aliphatic heterocycles. The molecule has 3 unspecified atom stereocenters. The van der Waals surface area contributed by atoms with E-state index in [1.54, 1.807) is 0 Å². The van der Waals surface area contributed by atoms with Crippen molar-refractivity contribution in [1.82, 2.24) is 0 Å². The number of rotatable bonds is 13. The summed E-state index contributed by atoms with van der Waals surface area (Å²) >= 11 is 0. The van der Waals surface area contributed by atoms with Gasteiger partial charge in [0.25, 0.3) is 0 Å². The zero-order valence-corrected chi connectivity index (χ0v) is 25.7. The third kappa shape index (κ3) is 9.55. The molecule has 39 heavy (non-hydrogen) atoms. The summed E-state index contributed by atoms with van der Waals surface area (Å²) < 4.78 is 0. The van der Waals surface area contributed by atoms with Gasteiger partial charge in [0, 0.05) is 17.9 Å². The molecule has 3 atom stereocenters. The lowest BCUT2D eigenvalue weighted by Crippen LogP contribution is -2.30. The molecule has 0 saturated carbocycles. The minimum absolute atomic E-state index is 0.0354. The first kappa shape index (κ1) is 32.7. The maximum absolute atomic E-state index is 13.4. The quantitative estimate of drug-likeness (QED) is 0.242. The van der Waals surface area contributed by atoms with Gasteiger partial charge in [0.15, 0.2) is 5.78 Å². The number of hydrogen-bond donors (Lipinski definition) is 0. The van der Waals surface area contributed by atoms with Gasteiger partial charge in [-0.3, -0.25) is 14.4 Å². The van der Waals surface area contributed by atoms with Crippen LogP contribution in [0.3, 0.4) is 0 Å². The first-order valence-corrected chi connectivity index (χ1v) is 15.4. The van der Waals surface area contributed by atoms with E-state index in [4.69, 9.17) is 0 Å². The Morgan fingerprint density at radius 2 is 1.64 bits per heavy atom. The van der Waals surface area contributed by atoms with Crippen molar-refractivity contribution in [2.75, 3.05) is 0 Å². The van der Waals surface area contributed by atoms with E-state index in [1.807, 2.05) is 0 Å². The van der Waals surface area contributed by atoms with Crippen LogP contribution < -0.4 is 0 Å². The molecule has 3 rings (SSSR count). The Bertz CT molecular complexity index is 1100. The smallest absolute Gasteiger partial charge is 0.163 e. The Morgan fingerprint density at radius 3 is 2.26 bits per heavy atom. The van der Waals surface area contributed by atoms with Gasteiger partial charge >= 0.3 is 0 Å². The Kier molecular flexibility index (Phi) is 13.8.